The average molecular weight is 348 g/mol. The number of benzene rings is 2. The first kappa shape index (κ1) is 16.3. The fourth-order valence-corrected chi connectivity index (χ4v) is 5.35. The van der Waals surface area contributed by atoms with Gasteiger partial charge in [-0.25, -0.2) is 0 Å². The lowest BCUT2D eigenvalue weighted by Crippen LogP contribution is -2.55. The maximum atomic E-state index is 13.3. The van der Waals surface area contributed by atoms with Gasteiger partial charge in [0.15, 0.2) is 0 Å². The number of carbonyl (C=O) groups is 1. The van der Waals surface area contributed by atoms with Gasteiger partial charge in [-0.2, -0.15) is 0 Å². The van der Waals surface area contributed by atoms with E-state index in [2.05, 4.69) is 59.3 Å². The Kier molecular flexibility index (Phi) is 4.00. The molecule has 2 heterocycles. The van der Waals surface area contributed by atoms with E-state index >= 15 is 0 Å². The zero-order chi connectivity index (χ0) is 17.7. The molecule has 1 saturated carbocycles. The van der Waals surface area contributed by atoms with Crippen molar-refractivity contribution in [3.05, 3.63) is 48.0 Å². The molecule has 1 amide bonds. The molecule has 136 valence electrons. The first-order valence-corrected chi connectivity index (χ1v) is 10.2. The van der Waals surface area contributed by atoms with Crippen LogP contribution in [0.1, 0.15) is 37.2 Å². The number of likely N-dealkylation sites (tertiary alicyclic amines) is 2. The summed E-state index contributed by atoms with van der Waals surface area (Å²) in [7, 11) is 2.22. The Labute approximate surface area is 156 Å². The van der Waals surface area contributed by atoms with Crippen molar-refractivity contribution in [3.63, 3.8) is 0 Å². The second kappa shape index (κ2) is 6.38. The molecule has 0 bridgehead atoms. The van der Waals surface area contributed by atoms with Crippen LogP contribution in [0.3, 0.4) is 0 Å². The fourth-order valence-electron chi connectivity index (χ4n) is 5.35. The van der Waals surface area contributed by atoms with Gasteiger partial charge in [0, 0.05) is 25.0 Å². The van der Waals surface area contributed by atoms with Crippen LogP contribution in [0, 0.1) is 11.8 Å². The number of rotatable bonds is 2. The van der Waals surface area contributed by atoms with Gasteiger partial charge < -0.3 is 9.80 Å². The van der Waals surface area contributed by atoms with Gasteiger partial charge in [-0.1, -0.05) is 42.5 Å². The topological polar surface area (TPSA) is 23.6 Å². The van der Waals surface area contributed by atoms with Crippen molar-refractivity contribution in [1.29, 1.82) is 0 Å². The lowest BCUT2D eigenvalue weighted by Gasteiger charge is -2.46. The van der Waals surface area contributed by atoms with E-state index in [9.17, 15) is 4.79 Å². The quantitative estimate of drug-likeness (QED) is 0.822. The van der Waals surface area contributed by atoms with Crippen LogP contribution >= 0.6 is 0 Å². The standard InChI is InChI=1S/C23H28N2O/c1-24-12-10-22-19(15-24)7-4-11-25(22)23(26)21-14-20(21)18-9-8-16-5-2-3-6-17(16)13-18/h2-3,5-6,8-9,13,19-22H,4,7,10-12,14-15H2,1H3/t19?,20-,21+,22?/m0/s1. The average Bonchev–Trinajstić information content (AvgIpc) is 3.47. The summed E-state index contributed by atoms with van der Waals surface area (Å²) in [5.41, 5.74) is 1.35. The van der Waals surface area contributed by atoms with Gasteiger partial charge in [-0.05, 0) is 67.4 Å². The summed E-state index contributed by atoms with van der Waals surface area (Å²) in [6.07, 6.45) is 4.65. The zero-order valence-electron chi connectivity index (χ0n) is 15.6. The summed E-state index contributed by atoms with van der Waals surface area (Å²) in [5.74, 6) is 1.76. The Balaban J connectivity index is 1.32. The first-order valence-electron chi connectivity index (χ1n) is 10.2. The van der Waals surface area contributed by atoms with Crippen LogP contribution < -0.4 is 0 Å². The highest BCUT2D eigenvalue weighted by Gasteiger charge is 2.48. The lowest BCUT2D eigenvalue weighted by molar-refractivity contribution is -0.139. The van der Waals surface area contributed by atoms with E-state index in [0.29, 0.717) is 23.8 Å². The van der Waals surface area contributed by atoms with Gasteiger partial charge in [-0.15, -0.1) is 0 Å². The molecule has 5 rings (SSSR count). The number of piperidine rings is 2. The third-order valence-corrected chi connectivity index (χ3v) is 6.86. The normalized spacial score (nSPS) is 31.7. The van der Waals surface area contributed by atoms with Crippen LogP contribution in [-0.2, 0) is 4.79 Å². The molecule has 3 aliphatic rings. The van der Waals surface area contributed by atoms with Crippen molar-refractivity contribution in [2.75, 3.05) is 26.7 Å². The summed E-state index contributed by atoms with van der Waals surface area (Å²) in [6, 6.07) is 15.7. The van der Waals surface area contributed by atoms with Gasteiger partial charge in [0.2, 0.25) is 5.91 Å². The van der Waals surface area contributed by atoms with E-state index in [0.717, 1.165) is 32.5 Å². The molecular weight excluding hydrogens is 320 g/mol. The molecule has 3 fully saturated rings. The zero-order valence-corrected chi connectivity index (χ0v) is 15.6. The molecule has 0 aromatic heterocycles. The van der Waals surface area contributed by atoms with Crippen LogP contribution in [0.25, 0.3) is 10.8 Å². The minimum atomic E-state index is 0.217. The van der Waals surface area contributed by atoms with Gasteiger partial charge in [0.25, 0.3) is 0 Å². The smallest absolute Gasteiger partial charge is 0.226 e. The van der Waals surface area contributed by atoms with E-state index in [1.54, 1.807) is 0 Å². The second-order valence-electron chi connectivity index (χ2n) is 8.61. The van der Waals surface area contributed by atoms with Gasteiger partial charge in [0.05, 0.1) is 0 Å². The molecule has 0 N–H and O–H groups in total. The minimum absolute atomic E-state index is 0.217. The highest BCUT2D eigenvalue weighted by molar-refractivity contribution is 5.86. The summed E-state index contributed by atoms with van der Waals surface area (Å²) in [6.45, 7) is 3.27. The Bertz CT molecular complexity index is 832. The van der Waals surface area contributed by atoms with Crippen molar-refractivity contribution in [2.24, 2.45) is 11.8 Å². The predicted molar refractivity (Wildman–Crippen MR) is 105 cm³/mol. The molecule has 2 aromatic carbocycles. The molecule has 26 heavy (non-hydrogen) atoms. The van der Waals surface area contributed by atoms with Crippen LogP contribution in [0.2, 0.25) is 0 Å². The highest BCUT2D eigenvalue weighted by Crippen LogP contribution is 2.50. The van der Waals surface area contributed by atoms with E-state index in [1.807, 2.05) is 0 Å². The highest BCUT2D eigenvalue weighted by atomic mass is 16.2. The van der Waals surface area contributed by atoms with Crippen LogP contribution in [0.15, 0.2) is 42.5 Å². The molecule has 0 spiro atoms. The van der Waals surface area contributed by atoms with E-state index in [1.165, 1.54) is 29.2 Å². The Morgan fingerprint density at radius 1 is 1.04 bits per heavy atom. The molecule has 2 saturated heterocycles. The second-order valence-corrected chi connectivity index (χ2v) is 8.61. The van der Waals surface area contributed by atoms with Crippen LogP contribution in [0.5, 0.6) is 0 Å². The number of carbonyl (C=O) groups excluding carboxylic acids is 1. The molecule has 3 heteroatoms. The Morgan fingerprint density at radius 3 is 2.77 bits per heavy atom. The van der Waals surface area contributed by atoms with Crippen molar-refractivity contribution in [3.8, 4) is 0 Å². The van der Waals surface area contributed by atoms with Crippen molar-refractivity contribution in [2.45, 2.75) is 37.6 Å². The van der Waals surface area contributed by atoms with Crippen LogP contribution in [0.4, 0.5) is 0 Å². The third kappa shape index (κ3) is 2.83. The number of nitrogens with zero attached hydrogens (tertiary/aromatic N) is 2. The summed E-state index contributed by atoms with van der Waals surface area (Å²) in [5, 5.41) is 2.57. The first-order chi connectivity index (χ1) is 12.7. The minimum Gasteiger partial charge on any atom is -0.339 e. The predicted octanol–water partition coefficient (Wildman–Crippen LogP) is 3.89. The number of hydrogen-bond acceptors (Lipinski definition) is 2. The third-order valence-electron chi connectivity index (χ3n) is 6.86. The SMILES string of the molecule is CN1CCC2C(CCCN2C(=O)[C@@H]2C[C@H]2c2ccc3ccccc3c2)C1. The molecule has 2 unspecified atom stereocenters. The molecule has 1 aliphatic carbocycles. The Morgan fingerprint density at radius 2 is 1.88 bits per heavy atom. The number of fused-ring (bicyclic) bond motifs is 2. The maximum Gasteiger partial charge on any atom is 0.226 e. The monoisotopic (exact) mass is 348 g/mol. The maximum absolute atomic E-state index is 13.3. The van der Waals surface area contributed by atoms with E-state index in [-0.39, 0.29) is 5.92 Å². The molecule has 4 atom stereocenters. The summed E-state index contributed by atoms with van der Waals surface area (Å²) in [4.78, 5) is 18.0. The van der Waals surface area contributed by atoms with Crippen molar-refractivity contribution in [1.82, 2.24) is 9.80 Å². The molecule has 3 nitrogen and oxygen atoms in total. The molecule has 2 aliphatic heterocycles. The molecule has 0 radical (unpaired) electrons. The largest absolute Gasteiger partial charge is 0.339 e. The molecular formula is C23H28N2O. The molecule has 2 aromatic rings. The fraction of sp³-hybridized carbons (Fsp3) is 0.522. The van der Waals surface area contributed by atoms with Gasteiger partial charge in [0.1, 0.15) is 0 Å². The van der Waals surface area contributed by atoms with Crippen molar-refractivity contribution < 1.29 is 4.79 Å². The summed E-state index contributed by atoms with van der Waals surface area (Å²) < 4.78 is 0. The van der Waals surface area contributed by atoms with Gasteiger partial charge >= 0.3 is 0 Å². The lowest BCUT2D eigenvalue weighted by atomic mass is 9.83. The van der Waals surface area contributed by atoms with E-state index < -0.39 is 0 Å². The van der Waals surface area contributed by atoms with E-state index in [4.69, 9.17) is 0 Å². The number of amides is 1. The Hall–Kier alpha value is -1.87. The van der Waals surface area contributed by atoms with Gasteiger partial charge in [-0.3, -0.25) is 4.79 Å². The summed E-state index contributed by atoms with van der Waals surface area (Å²) >= 11 is 0. The van der Waals surface area contributed by atoms with Crippen LogP contribution in [-0.4, -0.2) is 48.4 Å². The van der Waals surface area contributed by atoms with Crippen molar-refractivity contribution >= 4 is 16.7 Å². The number of hydrogen-bond donors (Lipinski definition) is 0.